The lowest BCUT2D eigenvalue weighted by atomic mass is 10.1. The summed E-state index contributed by atoms with van der Waals surface area (Å²) in [6.45, 7) is 2.72. The minimum absolute atomic E-state index is 0.137. The predicted molar refractivity (Wildman–Crippen MR) is 75.3 cm³/mol. The van der Waals surface area contributed by atoms with Crippen LogP contribution in [0, 0.1) is 0 Å². The lowest BCUT2D eigenvalue weighted by molar-refractivity contribution is -0.137. The zero-order valence-electron chi connectivity index (χ0n) is 10.7. The van der Waals surface area contributed by atoms with E-state index in [0.29, 0.717) is 12.2 Å². The smallest absolute Gasteiger partial charge is 0.389 e. The van der Waals surface area contributed by atoms with Gasteiger partial charge in [0.25, 0.3) is 0 Å². The molecule has 1 rings (SSSR count). The molecular weight excluding hydrogens is 273 g/mol. The van der Waals surface area contributed by atoms with Gasteiger partial charge in [0.1, 0.15) is 4.99 Å². The van der Waals surface area contributed by atoms with E-state index >= 15 is 0 Å². The molecule has 0 aliphatic carbocycles. The zero-order valence-corrected chi connectivity index (χ0v) is 11.5. The summed E-state index contributed by atoms with van der Waals surface area (Å²) in [6.07, 6.45) is -1.42. The van der Waals surface area contributed by atoms with E-state index in [1.54, 1.807) is 6.07 Å². The van der Waals surface area contributed by atoms with Gasteiger partial charge in [-0.15, -0.1) is 0 Å². The molecule has 2 nitrogen and oxygen atoms in total. The van der Waals surface area contributed by atoms with Gasteiger partial charge in [-0.25, -0.2) is 0 Å². The van der Waals surface area contributed by atoms with Gasteiger partial charge in [0.2, 0.25) is 0 Å². The molecular formula is C13H17F3N2S. The first-order valence-electron chi connectivity index (χ1n) is 6.11. The summed E-state index contributed by atoms with van der Waals surface area (Å²) < 4.78 is 38.7. The topological polar surface area (TPSA) is 38.0 Å². The van der Waals surface area contributed by atoms with Crippen molar-refractivity contribution in [2.24, 2.45) is 5.73 Å². The molecule has 3 N–H and O–H groups in total. The van der Waals surface area contributed by atoms with Gasteiger partial charge in [0.15, 0.2) is 0 Å². The summed E-state index contributed by atoms with van der Waals surface area (Å²) in [7, 11) is 0. The van der Waals surface area contributed by atoms with Crippen molar-refractivity contribution in [3.05, 3.63) is 29.3 Å². The van der Waals surface area contributed by atoms with Crippen molar-refractivity contribution >= 4 is 22.9 Å². The maximum atomic E-state index is 12.9. The molecule has 0 amide bonds. The normalized spacial score (nSPS) is 11.4. The van der Waals surface area contributed by atoms with Crippen LogP contribution in [0.15, 0.2) is 18.2 Å². The minimum atomic E-state index is -4.46. The lowest BCUT2D eigenvalue weighted by Crippen LogP contribution is -2.18. The maximum Gasteiger partial charge on any atom is 0.417 e. The highest BCUT2D eigenvalue weighted by molar-refractivity contribution is 7.80. The number of halogens is 3. The largest absolute Gasteiger partial charge is 0.417 e. The highest BCUT2D eigenvalue weighted by atomic mass is 32.1. The van der Waals surface area contributed by atoms with Crippen molar-refractivity contribution in [3.8, 4) is 0 Å². The van der Waals surface area contributed by atoms with Crippen molar-refractivity contribution in [1.29, 1.82) is 0 Å². The van der Waals surface area contributed by atoms with E-state index in [-0.39, 0.29) is 10.6 Å². The summed E-state index contributed by atoms with van der Waals surface area (Å²) in [4.78, 5) is -0.246. The highest BCUT2D eigenvalue weighted by Gasteiger charge is 2.34. The Morgan fingerprint density at radius 1 is 1.32 bits per heavy atom. The molecule has 0 spiro atoms. The molecule has 0 unspecified atom stereocenters. The second kappa shape index (κ2) is 6.75. The maximum absolute atomic E-state index is 12.9. The Balaban J connectivity index is 2.90. The standard InChI is InChI=1S/C13H17F3N2S/c1-2-3-4-7-18-9-5-6-10(12(17)19)11(8-9)13(14,15)16/h5-6,8,18H,2-4,7H2,1H3,(H2,17,19). The molecule has 0 saturated carbocycles. The van der Waals surface area contributed by atoms with Crippen molar-refractivity contribution in [2.75, 3.05) is 11.9 Å². The molecule has 0 aliphatic rings. The van der Waals surface area contributed by atoms with Gasteiger partial charge in [-0.2, -0.15) is 13.2 Å². The summed E-state index contributed by atoms with van der Waals surface area (Å²) in [5, 5.41) is 2.97. The van der Waals surface area contributed by atoms with Gasteiger partial charge in [0.05, 0.1) is 5.56 Å². The number of benzene rings is 1. The third-order valence-corrected chi connectivity index (χ3v) is 2.92. The van der Waals surface area contributed by atoms with Crippen LogP contribution in [0.5, 0.6) is 0 Å². The third-order valence-electron chi connectivity index (χ3n) is 2.70. The number of hydrogen-bond donors (Lipinski definition) is 2. The van der Waals surface area contributed by atoms with Crippen LogP contribution in [-0.4, -0.2) is 11.5 Å². The van der Waals surface area contributed by atoms with Crippen LogP contribution in [-0.2, 0) is 6.18 Å². The van der Waals surface area contributed by atoms with E-state index in [9.17, 15) is 13.2 Å². The second-order valence-electron chi connectivity index (χ2n) is 4.26. The average molecular weight is 290 g/mol. The molecule has 0 aliphatic heterocycles. The first kappa shape index (κ1) is 15.8. The van der Waals surface area contributed by atoms with Crippen molar-refractivity contribution in [1.82, 2.24) is 0 Å². The van der Waals surface area contributed by atoms with Gasteiger partial charge >= 0.3 is 6.18 Å². The van der Waals surface area contributed by atoms with Crippen LogP contribution in [0.4, 0.5) is 18.9 Å². The average Bonchev–Trinajstić information content (AvgIpc) is 2.33. The van der Waals surface area contributed by atoms with Gasteiger partial charge in [0, 0.05) is 17.8 Å². The fourth-order valence-electron chi connectivity index (χ4n) is 1.71. The molecule has 0 saturated heterocycles. The monoisotopic (exact) mass is 290 g/mol. The Bertz CT molecular complexity index is 444. The van der Waals surface area contributed by atoms with Gasteiger partial charge in [-0.05, 0) is 24.6 Å². The second-order valence-corrected chi connectivity index (χ2v) is 4.70. The molecule has 19 heavy (non-hydrogen) atoms. The van der Waals surface area contributed by atoms with Crippen LogP contribution in [0.25, 0.3) is 0 Å². The molecule has 0 heterocycles. The molecule has 1 aromatic carbocycles. The number of rotatable bonds is 6. The third kappa shape index (κ3) is 4.70. The van der Waals surface area contributed by atoms with Crippen LogP contribution < -0.4 is 11.1 Å². The van der Waals surface area contributed by atoms with Crippen molar-refractivity contribution in [2.45, 2.75) is 32.4 Å². The molecule has 0 bridgehead atoms. The molecule has 106 valence electrons. The van der Waals surface area contributed by atoms with Crippen molar-refractivity contribution in [3.63, 3.8) is 0 Å². The van der Waals surface area contributed by atoms with E-state index in [4.69, 9.17) is 5.73 Å². The number of nitrogens with one attached hydrogen (secondary N) is 1. The Morgan fingerprint density at radius 2 is 2.00 bits per heavy atom. The fraction of sp³-hybridized carbons (Fsp3) is 0.462. The van der Waals surface area contributed by atoms with Gasteiger partial charge in [-0.1, -0.05) is 32.0 Å². The number of nitrogens with two attached hydrogens (primary N) is 1. The van der Waals surface area contributed by atoms with E-state index in [2.05, 4.69) is 24.5 Å². The summed E-state index contributed by atoms with van der Waals surface area (Å²) in [5.41, 5.74) is 4.82. The quantitative estimate of drug-likeness (QED) is 0.615. The van der Waals surface area contributed by atoms with Crippen LogP contribution in [0.3, 0.4) is 0 Å². The van der Waals surface area contributed by atoms with E-state index in [1.165, 1.54) is 6.07 Å². The number of hydrogen-bond acceptors (Lipinski definition) is 2. The number of unbranched alkanes of at least 4 members (excludes halogenated alkanes) is 2. The van der Waals surface area contributed by atoms with Gasteiger partial charge in [-0.3, -0.25) is 0 Å². The zero-order chi connectivity index (χ0) is 14.5. The summed E-state index contributed by atoms with van der Waals surface area (Å²) in [5.74, 6) is 0. The Kier molecular flexibility index (Phi) is 5.60. The van der Waals surface area contributed by atoms with Gasteiger partial charge < -0.3 is 11.1 Å². The molecule has 0 radical (unpaired) electrons. The SMILES string of the molecule is CCCCCNc1ccc(C(N)=S)c(C(F)(F)F)c1. The number of thiocarbonyl (C=S) groups is 1. The molecule has 0 atom stereocenters. The van der Waals surface area contributed by atoms with Crippen molar-refractivity contribution < 1.29 is 13.2 Å². The fourth-order valence-corrected chi connectivity index (χ4v) is 1.89. The Labute approximate surface area is 116 Å². The molecule has 6 heteroatoms. The lowest BCUT2D eigenvalue weighted by Gasteiger charge is -2.14. The number of alkyl halides is 3. The van der Waals surface area contributed by atoms with Crippen LogP contribution in [0.1, 0.15) is 37.3 Å². The first-order chi connectivity index (χ1) is 8.86. The number of anilines is 1. The highest BCUT2D eigenvalue weighted by Crippen LogP contribution is 2.33. The van der Waals surface area contributed by atoms with Crippen LogP contribution >= 0.6 is 12.2 Å². The Hall–Kier alpha value is -1.30. The van der Waals surface area contributed by atoms with E-state index < -0.39 is 11.7 Å². The van der Waals surface area contributed by atoms with E-state index in [0.717, 1.165) is 25.3 Å². The Morgan fingerprint density at radius 3 is 2.53 bits per heavy atom. The van der Waals surface area contributed by atoms with Crippen LogP contribution in [0.2, 0.25) is 0 Å². The molecule has 0 aromatic heterocycles. The molecule has 1 aromatic rings. The summed E-state index contributed by atoms with van der Waals surface area (Å²) >= 11 is 4.64. The predicted octanol–water partition coefficient (Wildman–Crippen LogP) is 3.94. The minimum Gasteiger partial charge on any atom is -0.389 e. The summed E-state index contributed by atoms with van der Waals surface area (Å²) in [6, 6.07) is 3.93. The first-order valence-corrected chi connectivity index (χ1v) is 6.52. The van der Waals surface area contributed by atoms with E-state index in [1.807, 2.05) is 0 Å². The molecule has 0 fully saturated rings.